The lowest BCUT2D eigenvalue weighted by Crippen LogP contribution is -2.48. The summed E-state index contributed by atoms with van der Waals surface area (Å²) in [7, 11) is 0. The summed E-state index contributed by atoms with van der Waals surface area (Å²) >= 11 is 0. The normalized spacial score (nSPS) is 16.6. The molecule has 1 saturated heterocycles. The maximum absolute atomic E-state index is 13.0. The third-order valence-electron chi connectivity index (χ3n) is 5.30. The molecule has 2 atom stereocenters. The second-order valence-electron chi connectivity index (χ2n) is 10.4. The highest BCUT2D eigenvalue weighted by molar-refractivity contribution is 5.98. The van der Waals surface area contributed by atoms with E-state index < -0.39 is 35.6 Å². The van der Waals surface area contributed by atoms with Crippen molar-refractivity contribution < 1.29 is 28.7 Å². The van der Waals surface area contributed by atoms with Crippen molar-refractivity contribution in [3.8, 4) is 0 Å². The summed E-state index contributed by atoms with van der Waals surface area (Å²) in [6.45, 7) is 10.2. The van der Waals surface area contributed by atoms with Crippen molar-refractivity contribution >= 4 is 24.0 Å². The third-order valence-corrected chi connectivity index (χ3v) is 5.30. The molecule has 204 valence electrons. The Bertz CT molecular complexity index is 973. The largest absolute Gasteiger partial charge is 0.445 e. The van der Waals surface area contributed by atoms with E-state index in [2.05, 4.69) is 16.0 Å². The predicted molar refractivity (Wildman–Crippen MR) is 138 cm³/mol. The van der Waals surface area contributed by atoms with Crippen LogP contribution in [0, 0.1) is 5.92 Å². The Labute approximate surface area is 218 Å². The molecule has 0 radical (unpaired) electrons. The maximum Gasteiger partial charge on any atom is 0.408 e. The number of amides is 4. The van der Waals surface area contributed by atoms with Gasteiger partial charge < -0.3 is 36.1 Å². The highest BCUT2D eigenvalue weighted by Crippen LogP contribution is 2.13. The first-order valence-corrected chi connectivity index (χ1v) is 12.4. The number of carbonyl (C=O) groups is 4. The average molecular weight is 518 g/mol. The van der Waals surface area contributed by atoms with Gasteiger partial charge in [-0.25, -0.2) is 9.59 Å². The van der Waals surface area contributed by atoms with Crippen LogP contribution >= 0.6 is 0 Å². The molecule has 5 N–H and O–H groups in total. The Morgan fingerprint density at radius 3 is 2.41 bits per heavy atom. The highest BCUT2D eigenvalue weighted by Gasteiger charge is 2.28. The summed E-state index contributed by atoms with van der Waals surface area (Å²) in [6, 6.07) is 8.04. The molecule has 11 heteroatoms. The molecule has 1 unspecified atom stereocenters. The first-order chi connectivity index (χ1) is 17.3. The van der Waals surface area contributed by atoms with Gasteiger partial charge in [0.1, 0.15) is 23.9 Å². The van der Waals surface area contributed by atoms with E-state index in [0.717, 1.165) is 5.56 Å². The minimum atomic E-state index is -0.939. The number of nitrogens with zero attached hydrogens (tertiary/aromatic N) is 1. The molecular formula is C26H39N5O6. The fourth-order valence-corrected chi connectivity index (χ4v) is 3.67. The fourth-order valence-electron chi connectivity index (χ4n) is 3.67. The second kappa shape index (κ2) is 13.5. The van der Waals surface area contributed by atoms with Crippen molar-refractivity contribution in [1.29, 1.82) is 0 Å². The Kier molecular flexibility index (Phi) is 10.8. The van der Waals surface area contributed by atoms with Gasteiger partial charge in [0, 0.05) is 19.3 Å². The van der Waals surface area contributed by atoms with Crippen molar-refractivity contribution in [2.45, 2.75) is 71.8 Å². The molecule has 1 aliphatic heterocycles. The lowest BCUT2D eigenvalue weighted by Gasteiger charge is -2.22. The summed E-state index contributed by atoms with van der Waals surface area (Å²) < 4.78 is 10.5. The lowest BCUT2D eigenvalue weighted by molar-refractivity contribution is -0.124. The van der Waals surface area contributed by atoms with Crippen molar-refractivity contribution in [2.24, 2.45) is 11.7 Å². The number of alkyl carbamates (subject to hydrolysis) is 2. The lowest BCUT2D eigenvalue weighted by atomic mass is 10.0. The van der Waals surface area contributed by atoms with Gasteiger partial charge in [-0.1, -0.05) is 44.2 Å². The number of rotatable bonds is 10. The number of ether oxygens (including phenoxy) is 2. The average Bonchev–Trinajstić information content (AvgIpc) is 3.22. The van der Waals surface area contributed by atoms with Crippen LogP contribution in [-0.4, -0.2) is 59.7 Å². The van der Waals surface area contributed by atoms with E-state index in [4.69, 9.17) is 15.2 Å². The zero-order chi connectivity index (χ0) is 27.6. The molecule has 0 bridgehead atoms. The zero-order valence-electron chi connectivity index (χ0n) is 22.2. The Morgan fingerprint density at radius 2 is 1.81 bits per heavy atom. The number of nitrogens with one attached hydrogen (secondary N) is 3. The molecule has 1 heterocycles. The molecule has 1 aliphatic rings. The highest BCUT2D eigenvalue weighted by atomic mass is 16.6. The van der Waals surface area contributed by atoms with Crippen LogP contribution in [0.4, 0.5) is 9.59 Å². The topological polar surface area (TPSA) is 152 Å². The molecule has 4 amide bonds. The van der Waals surface area contributed by atoms with Crippen LogP contribution in [0.2, 0.25) is 0 Å². The van der Waals surface area contributed by atoms with Crippen molar-refractivity contribution in [3.63, 3.8) is 0 Å². The van der Waals surface area contributed by atoms with Crippen LogP contribution in [0.1, 0.15) is 53.0 Å². The molecule has 0 aliphatic carbocycles. The van der Waals surface area contributed by atoms with E-state index in [1.165, 1.54) is 6.20 Å². The minimum absolute atomic E-state index is 0.0581. The van der Waals surface area contributed by atoms with Gasteiger partial charge in [-0.3, -0.25) is 9.59 Å². The third kappa shape index (κ3) is 11.2. The van der Waals surface area contributed by atoms with Crippen molar-refractivity contribution in [3.05, 3.63) is 47.8 Å². The van der Waals surface area contributed by atoms with Crippen LogP contribution in [0.5, 0.6) is 0 Å². The number of primary amides is 1. The van der Waals surface area contributed by atoms with Gasteiger partial charge in [0.05, 0.1) is 6.04 Å². The Balaban J connectivity index is 1.98. The summed E-state index contributed by atoms with van der Waals surface area (Å²) in [5, 5.41) is 7.91. The SMILES string of the molecule is CC(C)C[C@H](NC(=O)OCc1ccccc1)C(=O)N/C(=C\N1CCC(NC(=O)OC(C)(C)C)C1)C(N)=O. The number of likely N-dealkylation sites (tertiary alicyclic amines) is 1. The number of hydrogen-bond donors (Lipinski definition) is 4. The summed E-state index contributed by atoms with van der Waals surface area (Å²) in [6.07, 6.45) is 1.14. The number of nitrogens with two attached hydrogens (primary N) is 1. The van der Waals surface area contributed by atoms with Crippen LogP contribution in [0.25, 0.3) is 0 Å². The first kappa shape index (κ1) is 29.5. The first-order valence-electron chi connectivity index (χ1n) is 12.4. The fraction of sp³-hybridized carbons (Fsp3) is 0.538. The van der Waals surface area contributed by atoms with Gasteiger partial charge >= 0.3 is 12.2 Å². The number of hydrogen-bond acceptors (Lipinski definition) is 7. The van der Waals surface area contributed by atoms with Gasteiger partial charge in [-0.15, -0.1) is 0 Å². The standard InChI is InChI=1S/C26H39N5O6/c1-17(2)13-20(30-24(34)36-16-18-9-7-6-8-10-18)23(33)29-21(22(27)32)15-31-12-11-19(14-31)28-25(35)37-26(3,4)5/h6-10,15,17,19-20H,11-14,16H2,1-5H3,(H2,27,32)(H,28,35)(H,29,33)(H,30,34)/b21-15-/t19?,20-/m0/s1. The molecule has 11 nitrogen and oxygen atoms in total. The van der Waals surface area contributed by atoms with E-state index in [0.29, 0.717) is 25.9 Å². The minimum Gasteiger partial charge on any atom is -0.445 e. The molecular weight excluding hydrogens is 478 g/mol. The van der Waals surface area contributed by atoms with E-state index in [1.807, 2.05) is 44.2 Å². The van der Waals surface area contributed by atoms with Crippen molar-refractivity contribution in [1.82, 2.24) is 20.9 Å². The van der Waals surface area contributed by atoms with Gasteiger partial charge in [-0.2, -0.15) is 0 Å². The molecule has 2 rings (SSSR count). The predicted octanol–water partition coefficient (Wildman–Crippen LogP) is 2.37. The number of benzene rings is 1. The zero-order valence-corrected chi connectivity index (χ0v) is 22.2. The molecule has 1 fully saturated rings. The van der Waals surface area contributed by atoms with Crippen molar-refractivity contribution in [2.75, 3.05) is 13.1 Å². The van der Waals surface area contributed by atoms with Crippen LogP contribution in [0.15, 0.2) is 42.2 Å². The molecule has 1 aromatic rings. The van der Waals surface area contributed by atoms with Crippen LogP contribution in [-0.2, 0) is 25.7 Å². The van der Waals surface area contributed by atoms with Gasteiger partial charge in [0.15, 0.2) is 0 Å². The summed E-state index contributed by atoms with van der Waals surface area (Å²) in [5.41, 5.74) is 5.60. The smallest absolute Gasteiger partial charge is 0.408 e. The van der Waals surface area contributed by atoms with E-state index in [9.17, 15) is 19.2 Å². The van der Waals surface area contributed by atoms with Gasteiger partial charge in [0.25, 0.3) is 5.91 Å². The van der Waals surface area contributed by atoms with E-state index in [1.54, 1.807) is 25.7 Å². The molecule has 1 aromatic carbocycles. The quantitative estimate of drug-likeness (QED) is 0.348. The molecule has 0 saturated carbocycles. The van der Waals surface area contributed by atoms with Crippen LogP contribution < -0.4 is 21.7 Å². The Morgan fingerprint density at radius 1 is 1.14 bits per heavy atom. The van der Waals surface area contributed by atoms with Crippen LogP contribution in [0.3, 0.4) is 0 Å². The van der Waals surface area contributed by atoms with E-state index >= 15 is 0 Å². The second-order valence-corrected chi connectivity index (χ2v) is 10.4. The summed E-state index contributed by atoms with van der Waals surface area (Å²) in [5.74, 6) is -1.34. The Hall–Kier alpha value is -3.76. The molecule has 0 aromatic heterocycles. The number of carbonyl (C=O) groups excluding carboxylic acids is 4. The van der Waals surface area contributed by atoms with E-state index in [-0.39, 0.29) is 24.3 Å². The molecule has 0 spiro atoms. The monoisotopic (exact) mass is 517 g/mol. The molecule has 37 heavy (non-hydrogen) atoms. The maximum atomic E-state index is 13.0. The summed E-state index contributed by atoms with van der Waals surface area (Å²) in [4.78, 5) is 51.2. The van der Waals surface area contributed by atoms with Gasteiger partial charge in [-0.05, 0) is 45.1 Å². The van der Waals surface area contributed by atoms with Gasteiger partial charge in [0.2, 0.25) is 5.91 Å².